The highest BCUT2D eigenvalue weighted by molar-refractivity contribution is 6.28. The average Bonchev–Trinajstić information content (AvgIpc) is 2.74. The van der Waals surface area contributed by atoms with Crippen molar-refractivity contribution in [2.75, 3.05) is 13.7 Å². The van der Waals surface area contributed by atoms with Crippen molar-refractivity contribution in [2.24, 2.45) is 4.99 Å². The summed E-state index contributed by atoms with van der Waals surface area (Å²) in [5, 5.41) is 0. The Morgan fingerprint density at radius 3 is 2.46 bits per heavy atom. The third-order valence-corrected chi connectivity index (χ3v) is 4.46. The van der Waals surface area contributed by atoms with Gasteiger partial charge in [-0.3, -0.25) is 4.99 Å². The topological polar surface area (TPSA) is 74.2 Å². The van der Waals surface area contributed by atoms with Gasteiger partial charge in [0.1, 0.15) is 0 Å². The molecule has 128 valence electrons. The first-order valence-corrected chi connectivity index (χ1v) is 7.94. The molecule has 0 amide bonds. The summed E-state index contributed by atoms with van der Waals surface area (Å²) in [6.07, 6.45) is 0.254. The minimum absolute atomic E-state index is 0.203. The van der Waals surface area contributed by atoms with Crippen LogP contribution in [0.1, 0.15) is 32.8 Å². The van der Waals surface area contributed by atoms with Gasteiger partial charge in [-0.15, -0.1) is 0 Å². The van der Waals surface area contributed by atoms with Crippen LogP contribution in [0.2, 0.25) is 0 Å². The zero-order valence-corrected chi connectivity index (χ0v) is 14.3. The first-order chi connectivity index (χ1) is 11.3. The largest absolute Gasteiger partial charge is 0.466 e. The lowest BCUT2D eigenvalue weighted by Crippen LogP contribution is -2.72. The number of aliphatic imine (C=N–C) groups is 1. The van der Waals surface area contributed by atoms with Gasteiger partial charge in [0.2, 0.25) is 11.1 Å². The highest BCUT2D eigenvalue weighted by Crippen LogP contribution is 2.56. The van der Waals surface area contributed by atoms with Crippen LogP contribution in [0.25, 0.3) is 0 Å². The van der Waals surface area contributed by atoms with Crippen LogP contribution in [0.3, 0.4) is 0 Å². The molecule has 2 atom stereocenters. The Hall–Kier alpha value is -2.21. The summed E-state index contributed by atoms with van der Waals surface area (Å²) in [7, 11) is 1.28. The summed E-state index contributed by atoms with van der Waals surface area (Å²) in [5.41, 5.74) is -2.56. The van der Waals surface area contributed by atoms with Gasteiger partial charge in [0.15, 0.2) is 0 Å². The number of fused-ring (bicyclic) bond motifs is 1. The van der Waals surface area contributed by atoms with E-state index in [2.05, 4.69) is 4.99 Å². The molecule has 0 aliphatic carbocycles. The fraction of sp³-hybridized carbons (Fsp3) is 0.500. The Morgan fingerprint density at radius 1 is 1.21 bits per heavy atom. The van der Waals surface area contributed by atoms with Crippen molar-refractivity contribution in [3.8, 4) is 0 Å². The van der Waals surface area contributed by atoms with E-state index in [1.807, 2.05) is 44.2 Å². The Labute approximate surface area is 140 Å². The number of hydrogen-bond acceptors (Lipinski definition) is 6. The maximum absolute atomic E-state index is 12.7. The second kappa shape index (κ2) is 5.41. The molecule has 2 heterocycles. The standard InChI is InChI=1S/C18H21NO5/c1-5-23-14(20)17-11-16(2,3)24-18(17,15(21)22-4)13(19-17)12-9-7-6-8-10-12/h6-10H,5,11H2,1-4H3/t17-,18-/m1/s1. The molecule has 3 rings (SSSR count). The van der Waals surface area contributed by atoms with Crippen molar-refractivity contribution in [1.29, 1.82) is 0 Å². The van der Waals surface area contributed by atoms with E-state index in [-0.39, 0.29) is 13.0 Å². The van der Waals surface area contributed by atoms with Crippen molar-refractivity contribution >= 4 is 17.7 Å². The number of carbonyl (C=O) groups is 2. The monoisotopic (exact) mass is 331 g/mol. The molecule has 24 heavy (non-hydrogen) atoms. The maximum Gasteiger partial charge on any atom is 0.347 e. The lowest BCUT2D eigenvalue weighted by Gasteiger charge is -2.46. The minimum Gasteiger partial charge on any atom is -0.466 e. The third kappa shape index (κ3) is 2.02. The van der Waals surface area contributed by atoms with E-state index >= 15 is 0 Å². The molecule has 0 radical (unpaired) electrons. The summed E-state index contributed by atoms with van der Waals surface area (Å²) < 4.78 is 16.3. The van der Waals surface area contributed by atoms with E-state index in [4.69, 9.17) is 14.2 Å². The van der Waals surface area contributed by atoms with Crippen LogP contribution in [0.5, 0.6) is 0 Å². The van der Waals surface area contributed by atoms with Crippen molar-refractivity contribution in [3.05, 3.63) is 35.9 Å². The van der Waals surface area contributed by atoms with Gasteiger partial charge in [-0.25, -0.2) is 9.59 Å². The molecular weight excluding hydrogens is 310 g/mol. The van der Waals surface area contributed by atoms with Gasteiger partial charge in [0.25, 0.3) is 0 Å². The predicted octanol–water partition coefficient (Wildman–Crippen LogP) is 1.90. The Kier molecular flexibility index (Phi) is 3.75. The van der Waals surface area contributed by atoms with Crippen LogP contribution in [0, 0.1) is 0 Å². The Morgan fingerprint density at radius 2 is 1.88 bits per heavy atom. The summed E-state index contributed by atoms with van der Waals surface area (Å²) >= 11 is 0. The first-order valence-electron chi connectivity index (χ1n) is 7.94. The fourth-order valence-electron chi connectivity index (χ4n) is 3.68. The average molecular weight is 331 g/mol. The summed E-state index contributed by atoms with van der Waals surface area (Å²) in [5.74, 6) is -1.18. The second-order valence-corrected chi connectivity index (χ2v) is 6.62. The number of benzene rings is 1. The van der Waals surface area contributed by atoms with Crippen LogP contribution >= 0.6 is 0 Å². The second-order valence-electron chi connectivity index (χ2n) is 6.62. The lowest BCUT2D eigenvalue weighted by atomic mass is 9.67. The van der Waals surface area contributed by atoms with Crippen molar-refractivity contribution < 1.29 is 23.8 Å². The third-order valence-electron chi connectivity index (χ3n) is 4.46. The number of ether oxygens (including phenoxy) is 3. The molecule has 6 nitrogen and oxygen atoms in total. The van der Waals surface area contributed by atoms with E-state index in [0.29, 0.717) is 5.71 Å². The molecule has 0 aromatic heterocycles. The highest BCUT2D eigenvalue weighted by atomic mass is 16.6. The number of esters is 2. The predicted molar refractivity (Wildman–Crippen MR) is 86.9 cm³/mol. The molecule has 1 aromatic carbocycles. The highest BCUT2D eigenvalue weighted by Gasteiger charge is 2.79. The van der Waals surface area contributed by atoms with E-state index in [0.717, 1.165) is 5.56 Å². The van der Waals surface area contributed by atoms with Gasteiger partial charge in [-0.05, 0) is 26.3 Å². The van der Waals surface area contributed by atoms with Crippen molar-refractivity contribution in [1.82, 2.24) is 0 Å². The number of methoxy groups -OCH3 is 1. The molecule has 0 N–H and O–H groups in total. The molecule has 1 saturated heterocycles. The molecule has 2 aliphatic rings. The van der Waals surface area contributed by atoms with E-state index in [9.17, 15) is 9.59 Å². The molecule has 0 saturated carbocycles. The molecule has 0 spiro atoms. The molecule has 1 fully saturated rings. The molecular formula is C18H21NO5. The van der Waals surface area contributed by atoms with E-state index in [1.165, 1.54) is 7.11 Å². The lowest BCUT2D eigenvalue weighted by molar-refractivity contribution is -0.177. The van der Waals surface area contributed by atoms with Gasteiger partial charge >= 0.3 is 11.9 Å². The molecule has 2 aliphatic heterocycles. The maximum atomic E-state index is 12.7. The Balaban J connectivity index is 2.19. The quantitative estimate of drug-likeness (QED) is 0.788. The van der Waals surface area contributed by atoms with Gasteiger partial charge in [-0.2, -0.15) is 0 Å². The summed E-state index contributed by atoms with van der Waals surface area (Å²) in [6, 6.07) is 9.20. The zero-order chi connectivity index (χ0) is 17.6. The Bertz CT molecular complexity index is 711. The molecule has 1 aromatic rings. The van der Waals surface area contributed by atoms with Crippen LogP contribution in [-0.4, -0.2) is 48.1 Å². The van der Waals surface area contributed by atoms with E-state index in [1.54, 1.807) is 6.92 Å². The first kappa shape index (κ1) is 16.6. The summed E-state index contributed by atoms with van der Waals surface area (Å²) in [6.45, 7) is 5.58. The van der Waals surface area contributed by atoms with Gasteiger partial charge in [0, 0.05) is 6.42 Å². The van der Waals surface area contributed by atoms with Crippen LogP contribution in [0.4, 0.5) is 0 Å². The van der Waals surface area contributed by atoms with Crippen molar-refractivity contribution in [3.63, 3.8) is 0 Å². The zero-order valence-electron chi connectivity index (χ0n) is 14.3. The van der Waals surface area contributed by atoms with Crippen LogP contribution in [0.15, 0.2) is 35.3 Å². The minimum atomic E-state index is -1.57. The van der Waals surface area contributed by atoms with Gasteiger partial charge in [-0.1, -0.05) is 30.3 Å². The van der Waals surface area contributed by atoms with Gasteiger partial charge < -0.3 is 14.2 Å². The van der Waals surface area contributed by atoms with Crippen LogP contribution < -0.4 is 0 Å². The smallest absolute Gasteiger partial charge is 0.347 e. The normalized spacial score (nSPS) is 29.9. The van der Waals surface area contributed by atoms with E-state index < -0.39 is 28.7 Å². The van der Waals surface area contributed by atoms with Crippen molar-refractivity contribution in [2.45, 2.75) is 43.9 Å². The number of nitrogens with zero attached hydrogens (tertiary/aromatic N) is 1. The molecule has 0 unspecified atom stereocenters. The summed E-state index contributed by atoms with van der Waals surface area (Å²) in [4.78, 5) is 30.0. The number of rotatable bonds is 4. The van der Waals surface area contributed by atoms with Crippen LogP contribution in [-0.2, 0) is 23.8 Å². The number of carbonyl (C=O) groups excluding carboxylic acids is 2. The SMILES string of the molecule is CCOC(=O)[C@]12CC(C)(C)O[C@@]1(C(=O)OC)C(c1ccccc1)=N2. The molecule has 6 heteroatoms. The molecule has 0 bridgehead atoms. The fourth-order valence-corrected chi connectivity index (χ4v) is 3.68. The number of hydrogen-bond donors (Lipinski definition) is 0. The van der Waals surface area contributed by atoms with Gasteiger partial charge in [0.05, 0.1) is 25.0 Å².